The Labute approximate surface area is 78.0 Å². The van der Waals surface area contributed by atoms with Gasteiger partial charge in [0, 0.05) is 12.6 Å². The van der Waals surface area contributed by atoms with Crippen molar-refractivity contribution in [1.29, 1.82) is 5.26 Å². The molecule has 14 heavy (non-hydrogen) atoms. The van der Waals surface area contributed by atoms with Gasteiger partial charge >= 0.3 is 0 Å². The summed E-state index contributed by atoms with van der Waals surface area (Å²) in [6.45, 7) is -0.154. The van der Waals surface area contributed by atoms with E-state index in [-0.39, 0.29) is 17.8 Å². The number of hydrogen-bond donors (Lipinski definition) is 2. The fourth-order valence-electron chi connectivity index (χ4n) is 1.03. The van der Waals surface area contributed by atoms with Gasteiger partial charge in [0.25, 0.3) is 6.43 Å². The molecule has 1 aromatic rings. The summed E-state index contributed by atoms with van der Waals surface area (Å²) in [5.41, 5.74) is 3.77. The van der Waals surface area contributed by atoms with E-state index >= 15 is 0 Å². The second-order valence-electron chi connectivity index (χ2n) is 2.56. The molecule has 0 saturated carbocycles. The van der Waals surface area contributed by atoms with Crippen molar-refractivity contribution in [2.45, 2.75) is 13.0 Å². The molecular formula is C8H7F2N3O. The van der Waals surface area contributed by atoms with Crippen molar-refractivity contribution in [2.75, 3.05) is 0 Å². The monoisotopic (exact) mass is 199 g/mol. The lowest BCUT2D eigenvalue weighted by Gasteiger charge is -2.04. The highest BCUT2D eigenvalue weighted by Gasteiger charge is 2.13. The van der Waals surface area contributed by atoms with Crippen LogP contribution in [0.4, 0.5) is 8.78 Å². The smallest absolute Gasteiger partial charge is 0.278 e. The number of nitriles is 1. The molecule has 0 fully saturated rings. The van der Waals surface area contributed by atoms with Crippen LogP contribution in [-0.4, -0.2) is 4.98 Å². The van der Waals surface area contributed by atoms with Crippen LogP contribution in [0.15, 0.2) is 10.9 Å². The SMILES string of the molecule is N#Cc1c(CN)[nH]c(C(F)F)cc1=O. The molecule has 6 heteroatoms. The van der Waals surface area contributed by atoms with Gasteiger partial charge in [-0.3, -0.25) is 4.79 Å². The zero-order valence-corrected chi connectivity index (χ0v) is 7.05. The summed E-state index contributed by atoms with van der Waals surface area (Å²) in [5, 5.41) is 8.55. The summed E-state index contributed by atoms with van der Waals surface area (Å²) in [6, 6.07) is 2.32. The number of rotatable bonds is 2. The van der Waals surface area contributed by atoms with Gasteiger partial charge in [-0.15, -0.1) is 0 Å². The molecule has 3 N–H and O–H groups in total. The molecule has 0 saturated heterocycles. The van der Waals surface area contributed by atoms with Crippen LogP contribution in [0.3, 0.4) is 0 Å². The lowest BCUT2D eigenvalue weighted by molar-refractivity contribution is 0.145. The topological polar surface area (TPSA) is 82.7 Å². The Kier molecular flexibility index (Phi) is 2.94. The van der Waals surface area contributed by atoms with Crippen LogP contribution < -0.4 is 11.2 Å². The van der Waals surface area contributed by atoms with Gasteiger partial charge in [-0.2, -0.15) is 5.26 Å². The van der Waals surface area contributed by atoms with E-state index in [0.717, 1.165) is 0 Å². The van der Waals surface area contributed by atoms with E-state index in [1.165, 1.54) is 0 Å². The van der Waals surface area contributed by atoms with Crippen molar-refractivity contribution < 1.29 is 8.78 Å². The molecule has 4 nitrogen and oxygen atoms in total. The fourth-order valence-corrected chi connectivity index (χ4v) is 1.03. The minimum Gasteiger partial charge on any atom is -0.355 e. The second-order valence-corrected chi connectivity index (χ2v) is 2.56. The van der Waals surface area contributed by atoms with Gasteiger partial charge in [-0.1, -0.05) is 0 Å². The summed E-state index contributed by atoms with van der Waals surface area (Å²) >= 11 is 0. The summed E-state index contributed by atoms with van der Waals surface area (Å²) in [5.74, 6) is 0. The van der Waals surface area contributed by atoms with Crippen LogP contribution in [0, 0.1) is 11.3 Å². The molecule has 74 valence electrons. The molecule has 0 bridgehead atoms. The van der Waals surface area contributed by atoms with E-state index in [0.29, 0.717) is 6.07 Å². The van der Waals surface area contributed by atoms with Crippen molar-refractivity contribution in [1.82, 2.24) is 4.98 Å². The van der Waals surface area contributed by atoms with Crippen molar-refractivity contribution in [3.8, 4) is 6.07 Å². The minimum absolute atomic E-state index is 0.0373. The molecule has 0 aliphatic carbocycles. The number of aromatic nitrogens is 1. The number of nitrogens with two attached hydrogens (primary N) is 1. The Hall–Kier alpha value is -1.74. The number of H-pyrrole nitrogens is 1. The van der Waals surface area contributed by atoms with E-state index in [9.17, 15) is 13.6 Å². The Morgan fingerprint density at radius 1 is 1.64 bits per heavy atom. The minimum atomic E-state index is -2.78. The Morgan fingerprint density at radius 3 is 2.71 bits per heavy atom. The predicted octanol–water partition coefficient (Wildman–Crippen LogP) is 0.643. The third kappa shape index (κ3) is 1.78. The van der Waals surface area contributed by atoms with Gasteiger partial charge in [0.1, 0.15) is 11.6 Å². The highest BCUT2D eigenvalue weighted by atomic mass is 19.3. The third-order valence-electron chi connectivity index (χ3n) is 1.68. The van der Waals surface area contributed by atoms with E-state index in [1.54, 1.807) is 6.07 Å². The van der Waals surface area contributed by atoms with Gasteiger partial charge in [-0.25, -0.2) is 8.78 Å². The Morgan fingerprint density at radius 2 is 2.29 bits per heavy atom. The third-order valence-corrected chi connectivity index (χ3v) is 1.68. The quantitative estimate of drug-likeness (QED) is 0.733. The number of pyridine rings is 1. The van der Waals surface area contributed by atoms with Crippen LogP contribution in [0.5, 0.6) is 0 Å². The molecule has 0 radical (unpaired) electrons. The van der Waals surface area contributed by atoms with Crippen molar-refractivity contribution in [2.24, 2.45) is 5.73 Å². The first-order valence-electron chi connectivity index (χ1n) is 3.74. The van der Waals surface area contributed by atoms with E-state index in [2.05, 4.69) is 4.98 Å². The summed E-state index contributed by atoms with van der Waals surface area (Å²) < 4.78 is 24.4. The fraction of sp³-hybridized carbons (Fsp3) is 0.250. The standard InChI is InChI=1S/C8H7F2N3O/c9-8(10)5-1-7(14)4(2-11)6(3-12)13-5/h1,8H,3,12H2,(H,13,14). The highest BCUT2D eigenvalue weighted by molar-refractivity contribution is 5.34. The van der Waals surface area contributed by atoms with Crippen molar-refractivity contribution >= 4 is 0 Å². The van der Waals surface area contributed by atoms with E-state index in [1.807, 2.05) is 0 Å². The maximum Gasteiger partial charge on any atom is 0.278 e. The van der Waals surface area contributed by atoms with Crippen LogP contribution in [0.1, 0.15) is 23.4 Å². The number of nitrogens with zero attached hydrogens (tertiary/aromatic N) is 1. The maximum absolute atomic E-state index is 12.2. The van der Waals surface area contributed by atoms with Crippen LogP contribution in [0.2, 0.25) is 0 Å². The number of aromatic amines is 1. The molecule has 1 aromatic heterocycles. The molecule has 0 aliphatic rings. The number of hydrogen-bond acceptors (Lipinski definition) is 3. The summed E-state index contributed by atoms with van der Waals surface area (Å²) in [4.78, 5) is 13.4. The molecule has 0 aromatic carbocycles. The molecule has 1 rings (SSSR count). The average molecular weight is 199 g/mol. The van der Waals surface area contributed by atoms with E-state index < -0.39 is 17.5 Å². The maximum atomic E-state index is 12.2. The van der Waals surface area contributed by atoms with Gasteiger partial charge in [0.05, 0.1) is 11.4 Å². The molecule has 1 heterocycles. The first-order chi connectivity index (χ1) is 6.60. The second kappa shape index (κ2) is 3.98. The molecule has 0 aliphatic heterocycles. The normalized spacial score (nSPS) is 10.2. The summed E-state index contributed by atoms with van der Waals surface area (Å²) in [6.07, 6.45) is -2.78. The van der Waals surface area contributed by atoms with Gasteiger partial charge in [0.2, 0.25) is 0 Å². The van der Waals surface area contributed by atoms with Crippen LogP contribution >= 0.6 is 0 Å². The predicted molar refractivity (Wildman–Crippen MR) is 44.6 cm³/mol. The van der Waals surface area contributed by atoms with Gasteiger partial charge in [0.15, 0.2) is 5.43 Å². The molecule has 0 atom stereocenters. The van der Waals surface area contributed by atoms with Crippen LogP contribution in [0.25, 0.3) is 0 Å². The summed E-state index contributed by atoms with van der Waals surface area (Å²) in [7, 11) is 0. The lowest BCUT2D eigenvalue weighted by Crippen LogP contribution is -2.16. The van der Waals surface area contributed by atoms with Crippen molar-refractivity contribution in [3.63, 3.8) is 0 Å². The number of nitrogens with one attached hydrogen (secondary N) is 1. The first kappa shape index (κ1) is 10.3. The largest absolute Gasteiger partial charge is 0.355 e. The average Bonchev–Trinajstić information content (AvgIpc) is 2.16. The zero-order valence-electron chi connectivity index (χ0n) is 7.05. The van der Waals surface area contributed by atoms with E-state index in [4.69, 9.17) is 11.0 Å². The highest BCUT2D eigenvalue weighted by Crippen LogP contribution is 2.15. The first-order valence-corrected chi connectivity index (χ1v) is 3.74. The molecule has 0 unspecified atom stereocenters. The molecular weight excluding hydrogens is 192 g/mol. The zero-order chi connectivity index (χ0) is 10.7. The lowest BCUT2D eigenvalue weighted by atomic mass is 10.2. The van der Waals surface area contributed by atoms with Gasteiger partial charge in [-0.05, 0) is 0 Å². The number of halogens is 2. The van der Waals surface area contributed by atoms with Crippen LogP contribution in [-0.2, 0) is 6.54 Å². The molecule has 0 spiro atoms. The molecule has 0 amide bonds. The number of alkyl halides is 2. The Balaban J connectivity index is 3.41. The Bertz CT molecular complexity index is 433. The van der Waals surface area contributed by atoms with Gasteiger partial charge < -0.3 is 10.7 Å². The van der Waals surface area contributed by atoms with Crippen molar-refractivity contribution in [3.05, 3.63) is 33.2 Å².